The van der Waals surface area contributed by atoms with Crippen molar-refractivity contribution in [2.45, 2.75) is 13.0 Å². The Labute approximate surface area is 215 Å². The number of aromatic nitrogens is 2. The van der Waals surface area contributed by atoms with E-state index in [-0.39, 0.29) is 11.3 Å². The summed E-state index contributed by atoms with van der Waals surface area (Å²) in [5.74, 6) is -0.924. The highest BCUT2D eigenvalue weighted by Crippen LogP contribution is 2.40. The van der Waals surface area contributed by atoms with Crippen LogP contribution in [0, 0.1) is 6.92 Å². The number of hydrogen-bond acceptors (Lipinski definition) is 7. The lowest BCUT2D eigenvalue weighted by molar-refractivity contribution is -0.140. The van der Waals surface area contributed by atoms with E-state index in [0.29, 0.717) is 61.3 Å². The first-order valence-electron chi connectivity index (χ1n) is 12.4. The molecule has 1 atom stereocenters. The Hall–Kier alpha value is -3.95. The normalized spacial score (nSPS) is 20.0. The molecule has 1 N–H and O–H groups in total. The van der Waals surface area contributed by atoms with E-state index in [1.54, 1.807) is 40.6 Å². The van der Waals surface area contributed by atoms with E-state index in [1.165, 1.54) is 0 Å². The second-order valence-electron chi connectivity index (χ2n) is 9.09. The third-order valence-corrected chi connectivity index (χ3v) is 6.79. The highest BCUT2D eigenvalue weighted by molar-refractivity contribution is 6.46. The van der Waals surface area contributed by atoms with Gasteiger partial charge in [-0.1, -0.05) is 30.9 Å². The average Bonchev–Trinajstić information content (AvgIpc) is 3.39. The minimum absolute atomic E-state index is 0.0560. The number of benzene rings is 1. The van der Waals surface area contributed by atoms with Gasteiger partial charge in [0.1, 0.15) is 23.7 Å². The van der Waals surface area contributed by atoms with Crippen LogP contribution in [-0.2, 0) is 14.3 Å². The summed E-state index contributed by atoms with van der Waals surface area (Å²) in [5.41, 5.74) is 2.37. The molecule has 2 aliphatic heterocycles. The van der Waals surface area contributed by atoms with E-state index < -0.39 is 17.7 Å². The molecule has 2 fully saturated rings. The van der Waals surface area contributed by atoms with Crippen molar-refractivity contribution in [1.82, 2.24) is 19.2 Å². The first kappa shape index (κ1) is 24.7. The van der Waals surface area contributed by atoms with E-state index in [2.05, 4.69) is 16.5 Å². The molecule has 0 radical (unpaired) electrons. The van der Waals surface area contributed by atoms with Crippen LogP contribution in [0.1, 0.15) is 23.0 Å². The molecular formula is C28H30N4O5. The van der Waals surface area contributed by atoms with Crippen LogP contribution in [0.5, 0.6) is 5.75 Å². The van der Waals surface area contributed by atoms with Crippen molar-refractivity contribution in [3.05, 3.63) is 83.8 Å². The quantitative estimate of drug-likeness (QED) is 0.219. The number of pyridine rings is 1. The molecule has 2 aliphatic rings. The summed E-state index contributed by atoms with van der Waals surface area (Å²) in [6.07, 6.45) is 3.44. The fraction of sp³-hybridized carbons (Fsp3) is 0.321. The molecule has 0 spiro atoms. The van der Waals surface area contributed by atoms with E-state index in [0.717, 1.165) is 13.1 Å². The van der Waals surface area contributed by atoms with Crippen LogP contribution in [0.2, 0.25) is 0 Å². The van der Waals surface area contributed by atoms with Crippen LogP contribution in [0.3, 0.4) is 0 Å². The van der Waals surface area contributed by atoms with Gasteiger partial charge in [0, 0.05) is 32.4 Å². The van der Waals surface area contributed by atoms with Crippen LogP contribution in [0.4, 0.5) is 0 Å². The van der Waals surface area contributed by atoms with Crippen molar-refractivity contribution in [3.63, 3.8) is 0 Å². The van der Waals surface area contributed by atoms with Crippen molar-refractivity contribution < 1.29 is 24.2 Å². The van der Waals surface area contributed by atoms with Crippen LogP contribution in [-0.4, -0.2) is 82.0 Å². The van der Waals surface area contributed by atoms with Crippen molar-refractivity contribution >= 4 is 23.1 Å². The largest absolute Gasteiger partial charge is 0.505 e. The zero-order chi connectivity index (χ0) is 25.9. The van der Waals surface area contributed by atoms with Crippen LogP contribution < -0.4 is 4.74 Å². The topological polar surface area (TPSA) is 96.6 Å². The van der Waals surface area contributed by atoms with Gasteiger partial charge >= 0.3 is 0 Å². The number of imidazole rings is 1. The predicted molar refractivity (Wildman–Crippen MR) is 138 cm³/mol. The van der Waals surface area contributed by atoms with Crippen molar-refractivity contribution in [2.75, 3.05) is 46.0 Å². The molecule has 192 valence electrons. The second-order valence-corrected chi connectivity index (χ2v) is 9.09. The molecule has 0 saturated carbocycles. The molecule has 1 amide bonds. The summed E-state index contributed by atoms with van der Waals surface area (Å²) in [6, 6.07) is 12.0. The number of rotatable bonds is 8. The van der Waals surface area contributed by atoms with Gasteiger partial charge in [-0.25, -0.2) is 4.98 Å². The van der Waals surface area contributed by atoms with E-state index >= 15 is 0 Å². The molecule has 37 heavy (non-hydrogen) atoms. The van der Waals surface area contributed by atoms with E-state index in [9.17, 15) is 14.7 Å². The van der Waals surface area contributed by atoms with Gasteiger partial charge < -0.3 is 19.5 Å². The van der Waals surface area contributed by atoms with Crippen molar-refractivity contribution in [3.8, 4) is 5.75 Å². The Morgan fingerprint density at radius 2 is 1.92 bits per heavy atom. The van der Waals surface area contributed by atoms with Gasteiger partial charge in [0.15, 0.2) is 5.76 Å². The van der Waals surface area contributed by atoms with Crippen LogP contribution in [0.15, 0.2) is 66.9 Å². The minimum Gasteiger partial charge on any atom is -0.505 e. The summed E-state index contributed by atoms with van der Waals surface area (Å²) in [4.78, 5) is 35.1. The number of morpholine rings is 1. The van der Waals surface area contributed by atoms with Gasteiger partial charge in [0.05, 0.1) is 30.5 Å². The number of Topliss-reactive ketones (excluding diaryl/α,β-unsaturated/α-hetero) is 1. The van der Waals surface area contributed by atoms with Crippen molar-refractivity contribution in [2.24, 2.45) is 0 Å². The zero-order valence-electron chi connectivity index (χ0n) is 20.8. The van der Waals surface area contributed by atoms with Crippen LogP contribution >= 0.6 is 0 Å². The molecule has 0 bridgehead atoms. The lowest BCUT2D eigenvalue weighted by atomic mass is 9.96. The van der Waals surface area contributed by atoms with Crippen molar-refractivity contribution in [1.29, 1.82) is 0 Å². The molecule has 0 aliphatic carbocycles. The number of nitrogens with zero attached hydrogens (tertiary/aromatic N) is 4. The van der Waals surface area contributed by atoms with Crippen LogP contribution in [0.25, 0.3) is 11.4 Å². The molecule has 1 aromatic carbocycles. The number of carbonyl (C=O) groups is 2. The molecule has 2 saturated heterocycles. The number of fused-ring (bicyclic) bond motifs is 1. The summed E-state index contributed by atoms with van der Waals surface area (Å²) in [5, 5.41) is 11.6. The van der Waals surface area contributed by atoms with Gasteiger partial charge in [0.25, 0.3) is 11.7 Å². The SMILES string of the molecule is C=CCOc1ccc(C2C(=C(O)c3c(C)nc4ccccn34)C(=O)C(=O)N2CCN2CCOCC2)cc1. The summed E-state index contributed by atoms with van der Waals surface area (Å²) in [7, 11) is 0. The van der Waals surface area contributed by atoms with Gasteiger partial charge in [0.2, 0.25) is 0 Å². The lowest BCUT2D eigenvalue weighted by Crippen LogP contribution is -2.42. The first-order chi connectivity index (χ1) is 18.0. The van der Waals surface area contributed by atoms with Gasteiger partial charge in [-0.2, -0.15) is 0 Å². The first-order valence-corrected chi connectivity index (χ1v) is 12.4. The van der Waals surface area contributed by atoms with E-state index in [1.807, 2.05) is 30.3 Å². The summed E-state index contributed by atoms with van der Waals surface area (Å²) >= 11 is 0. The number of hydrogen-bond donors (Lipinski definition) is 1. The highest BCUT2D eigenvalue weighted by atomic mass is 16.5. The Kier molecular flexibility index (Phi) is 7.07. The highest BCUT2D eigenvalue weighted by Gasteiger charge is 2.46. The number of ether oxygens (including phenoxy) is 2. The Morgan fingerprint density at radius 1 is 1.16 bits per heavy atom. The molecule has 1 unspecified atom stereocenters. The van der Waals surface area contributed by atoms with E-state index in [4.69, 9.17) is 9.47 Å². The molecule has 9 heteroatoms. The number of carbonyl (C=O) groups excluding carboxylic acids is 2. The third kappa shape index (κ3) is 4.75. The number of amides is 1. The fourth-order valence-electron chi connectivity index (χ4n) is 4.96. The number of aliphatic hydroxyl groups excluding tert-OH is 1. The molecule has 2 aromatic heterocycles. The molecule has 4 heterocycles. The minimum atomic E-state index is -0.747. The smallest absolute Gasteiger partial charge is 0.295 e. The Bertz CT molecular complexity index is 1350. The average molecular weight is 503 g/mol. The molecular weight excluding hydrogens is 472 g/mol. The predicted octanol–water partition coefficient (Wildman–Crippen LogP) is 2.96. The summed E-state index contributed by atoms with van der Waals surface area (Å²) < 4.78 is 12.8. The van der Waals surface area contributed by atoms with Gasteiger partial charge in [-0.3, -0.25) is 18.9 Å². The Morgan fingerprint density at radius 3 is 2.65 bits per heavy atom. The number of likely N-dealkylation sites (tertiary alicyclic amines) is 1. The number of aliphatic hydroxyl groups is 1. The fourth-order valence-corrected chi connectivity index (χ4v) is 4.96. The number of ketones is 1. The monoisotopic (exact) mass is 502 g/mol. The maximum absolute atomic E-state index is 13.4. The zero-order valence-corrected chi connectivity index (χ0v) is 20.8. The molecule has 9 nitrogen and oxygen atoms in total. The maximum atomic E-state index is 13.4. The standard InChI is InChI=1S/C28H30N4O5/c1-3-16-37-21-9-7-20(8-10-21)25-23(26(33)24-19(2)29-22-6-4-5-11-31(22)24)27(34)28(35)32(25)13-12-30-14-17-36-18-15-30/h3-11,25,33H,1,12-18H2,2H3. The molecule has 3 aromatic rings. The maximum Gasteiger partial charge on any atom is 0.295 e. The van der Waals surface area contributed by atoms with Gasteiger partial charge in [-0.15, -0.1) is 0 Å². The molecule has 5 rings (SSSR count). The lowest BCUT2D eigenvalue weighted by Gasteiger charge is -2.31. The summed E-state index contributed by atoms with van der Waals surface area (Å²) in [6.45, 7) is 9.56. The third-order valence-electron chi connectivity index (χ3n) is 6.79. The van der Waals surface area contributed by atoms with Gasteiger partial charge in [-0.05, 0) is 36.8 Å². The Balaban J connectivity index is 1.57. The second kappa shape index (κ2) is 10.6. The number of aryl methyl sites for hydroxylation is 1.